The molecule has 7 aromatic carbocycles. The fourth-order valence-corrected chi connectivity index (χ4v) is 22.3. The molecule has 10 aliphatic heterocycles. The minimum absolute atomic E-state index is 0.252. The zero-order chi connectivity index (χ0) is 98.8. The van der Waals surface area contributed by atoms with Gasteiger partial charge < -0.3 is 43.8 Å². The number of rotatable bonds is 21. The minimum atomic E-state index is 0.252. The van der Waals surface area contributed by atoms with Gasteiger partial charge in [-0.15, -0.1) is 0 Å². The van der Waals surface area contributed by atoms with E-state index in [0.717, 1.165) is 200 Å². The van der Waals surface area contributed by atoms with Gasteiger partial charge in [0, 0.05) is 186 Å². The van der Waals surface area contributed by atoms with Gasteiger partial charge in [-0.2, -0.15) is 41.9 Å². The number of anilines is 4. The number of ether oxygens (including phenoxy) is 2. The lowest BCUT2D eigenvalue weighted by Crippen LogP contribution is -2.72. The Labute approximate surface area is 824 Å². The molecule has 20 heteroatoms. The average molecular weight is 1850 g/mol. The molecule has 11 fully saturated rings. The van der Waals surface area contributed by atoms with E-state index in [1.807, 2.05) is 109 Å². The predicted molar refractivity (Wildman–Crippen MR) is 556 cm³/mol. The highest BCUT2D eigenvalue weighted by molar-refractivity contribution is 5.60. The molecule has 137 heavy (non-hydrogen) atoms. The molecule has 18 rings (SSSR count). The van der Waals surface area contributed by atoms with Gasteiger partial charge in [-0.25, -0.2) is 0 Å². The summed E-state index contributed by atoms with van der Waals surface area (Å²) in [6.45, 7) is 70.3. The van der Waals surface area contributed by atoms with Crippen molar-refractivity contribution in [3.63, 3.8) is 0 Å². The van der Waals surface area contributed by atoms with Crippen LogP contribution in [0.15, 0.2) is 127 Å². The van der Waals surface area contributed by atoms with Gasteiger partial charge in [0.05, 0.1) is 94.1 Å². The van der Waals surface area contributed by atoms with Crippen molar-refractivity contribution in [3.8, 4) is 54.0 Å². The molecule has 730 valence electrons. The minimum Gasteiger partial charge on any atom is -0.493 e. The van der Waals surface area contributed by atoms with Crippen molar-refractivity contribution < 1.29 is 14.3 Å². The molecule has 10 saturated heterocycles. The average Bonchev–Trinajstić information content (AvgIpc) is 1.69. The lowest BCUT2D eigenvalue weighted by molar-refractivity contribution is -0.273. The van der Waals surface area contributed by atoms with Gasteiger partial charge in [-0.3, -0.25) is 14.6 Å². The van der Waals surface area contributed by atoms with E-state index in [0.29, 0.717) is 62.9 Å². The molecule has 3 atom stereocenters. The second-order valence-corrected chi connectivity index (χ2v) is 44.8. The Bertz CT molecular complexity index is 5430. The molecule has 20 nitrogen and oxygen atoms in total. The maximum atomic E-state index is 9.23. The predicted octanol–water partition coefficient (Wildman–Crippen LogP) is 21.5. The zero-order valence-electron chi connectivity index (χ0n) is 86.9. The van der Waals surface area contributed by atoms with Crippen molar-refractivity contribution in [2.24, 2.45) is 51.2 Å². The van der Waals surface area contributed by atoms with Crippen LogP contribution in [-0.2, 0) is 11.3 Å². The zero-order valence-corrected chi connectivity index (χ0v) is 86.9. The van der Waals surface area contributed by atoms with E-state index < -0.39 is 0 Å². The van der Waals surface area contributed by atoms with Crippen molar-refractivity contribution in [1.82, 2.24) is 29.6 Å². The highest BCUT2D eigenvalue weighted by Gasteiger charge is 2.54. The topological polar surface area (TPSA) is 227 Å². The maximum absolute atomic E-state index is 9.23. The van der Waals surface area contributed by atoms with Crippen LogP contribution in [0.2, 0.25) is 0 Å². The monoisotopic (exact) mass is 1850 g/mol. The second-order valence-electron chi connectivity index (χ2n) is 44.8. The van der Waals surface area contributed by atoms with Crippen LogP contribution < -0.4 is 29.1 Å². The van der Waals surface area contributed by atoms with Crippen molar-refractivity contribution in [2.75, 3.05) is 164 Å². The molecule has 10 heterocycles. The first-order chi connectivity index (χ1) is 65.3. The molecule has 1 saturated carbocycles. The van der Waals surface area contributed by atoms with E-state index in [2.05, 4.69) is 255 Å². The summed E-state index contributed by atoms with van der Waals surface area (Å²) in [6, 6.07) is 61.2. The molecule has 7 aromatic rings. The fraction of sp³-hybridized carbons (Fsp3) is 0.581. The van der Waals surface area contributed by atoms with E-state index in [-0.39, 0.29) is 12.2 Å². The summed E-state index contributed by atoms with van der Waals surface area (Å²) in [5, 5.41) is 65.8. The van der Waals surface area contributed by atoms with Crippen molar-refractivity contribution in [2.45, 2.75) is 246 Å². The van der Waals surface area contributed by atoms with E-state index in [4.69, 9.17) is 45.9 Å². The molecule has 0 aromatic heterocycles. The van der Waals surface area contributed by atoms with E-state index in [1.54, 1.807) is 0 Å². The number of nitriles is 7. The quantitative estimate of drug-likeness (QED) is 0.0651. The van der Waals surface area contributed by atoms with Crippen LogP contribution in [0.3, 0.4) is 0 Å². The lowest BCUT2D eigenvalue weighted by atomic mass is 9.72. The molecule has 0 N–H and O–H groups in total. The highest BCUT2D eigenvalue weighted by atomic mass is 16.7. The number of hydrogen-bond acceptors (Lipinski definition) is 20. The molecule has 4 spiro atoms. The van der Waals surface area contributed by atoms with Crippen LogP contribution >= 0.6 is 0 Å². The van der Waals surface area contributed by atoms with Gasteiger partial charge in [0.2, 0.25) is 0 Å². The molecule has 0 amide bonds. The normalized spacial score (nSPS) is 21.6. The summed E-state index contributed by atoms with van der Waals surface area (Å²) in [6.07, 6.45) is 13.1. The Morgan fingerprint density at radius 1 is 0.336 bits per heavy atom. The first-order valence-corrected chi connectivity index (χ1v) is 51.3. The summed E-state index contributed by atoms with van der Waals surface area (Å²) < 4.78 is 11.8. The summed E-state index contributed by atoms with van der Waals surface area (Å²) in [5.41, 5.74) is 20.8. The van der Waals surface area contributed by atoms with E-state index >= 15 is 0 Å². The van der Waals surface area contributed by atoms with Gasteiger partial charge >= 0.3 is 0 Å². The molecular weight excluding hydrogens is 1690 g/mol. The Morgan fingerprint density at radius 3 is 1.18 bits per heavy atom. The molecule has 11 aliphatic rings. The summed E-state index contributed by atoms with van der Waals surface area (Å²) in [4.78, 5) is 28.2. The van der Waals surface area contributed by atoms with Gasteiger partial charge in [0.1, 0.15) is 17.6 Å². The van der Waals surface area contributed by atoms with Crippen LogP contribution in [0, 0.1) is 179 Å². The van der Waals surface area contributed by atoms with Crippen LogP contribution in [0.5, 0.6) is 11.5 Å². The SMILES string of the molecule is Cc1ccc(CC2CCN(C(C)C)C2)cc1C#N.Cc1ccc(N2CC3(CCN(C(C)C)C3)C2)cc1C#N.Cc1ccc(N2CC3(CN(OC(C)C)C3)C2)cc1C#N.Cc1ccc(N2CCC3(C2)CN(C(C)C)C3)cc1C#N.Cc1ccc(N2CCC3(CCN(CC(C)C)C3)C2)cc1C#N.Cc1ccc(OC2CCN(C(C)C)C2)cc1C#N.Cc1ccc(OCC2CC(CC(C)C)C2)cc1C#N. The summed E-state index contributed by atoms with van der Waals surface area (Å²) >= 11 is 0. The Kier molecular flexibility index (Phi) is 36.5. The third-order valence-electron chi connectivity index (χ3n) is 30.8. The van der Waals surface area contributed by atoms with Gasteiger partial charge in [-0.05, 0) is 355 Å². The number of hydrogen-bond donors (Lipinski definition) is 0. The molecular formula is C117H159N17O3. The first kappa shape index (κ1) is 105. The molecule has 0 radical (unpaired) electrons. The van der Waals surface area contributed by atoms with Crippen LogP contribution in [0.25, 0.3) is 0 Å². The summed E-state index contributed by atoms with van der Waals surface area (Å²) in [5.74, 6) is 5.56. The fourth-order valence-electron chi connectivity index (χ4n) is 22.3. The van der Waals surface area contributed by atoms with E-state index in [1.165, 1.54) is 139 Å². The van der Waals surface area contributed by atoms with Gasteiger partial charge in [-0.1, -0.05) is 76.2 Å². The van der Waals surface area contributed by atoms with Crippen molar-refractivity contribution >= 4 is 22.7 Å². The second kappa shape index (κ2) is 47.4. The Hall–Kier alpha value is -10.5. The smallest absolute Gasteiger partial charge is 0.121 e. The Morgan fingerprint density at radius 2 is 0.723 bits per heavy atom. The standard InChI is InChI=1S/C19H27N3.2C17H23N3.C17H23NO.C16H21N3O.C16H22N2.C15H20N2O/c1-15(2)12-21-8-6-19(13-21)7-9-22(14-19)18-5-4-16(3)17(10-18)11-20;1-13(2)20-11-17(12-20)6-7-19(10-17)16-5-4-14(3)15(8-16)9-18;1-13(2)19-7-6-17(10-19)11-20(12-17)16-5-4-14(3)15(8-16)9-18;1-12(2)6-14-7-15(8-14)11-19-17-5-4-13(3)16(9-17)10-18;1-12(2)20-19-10-16(11-19)8-18(9-16)15-5-4-13(3)14(6-15)7-17;1-12(2)18-7-6-15(11-18)8-14-5-4-13(3)16(9-14)10-17;1-11(2)17-7-6-15(10-17)18-14-5-4-12(3)13(8-14)9-16/h4-5,10,15H,6-9,12-14H2,1-3H3;2*4-5,8,13H,6-7,10-12H2,1-3H3;4-5,9,12,14-15H,6-8,11H2,1-3H3;4-6,12H,8-11H2,1-3H3;4-5,9,12,15H,6-8,11H2,1-3H3;4-5,8,11,15H,6-7,10H2,1-3H3. The van der Waals surface area contributed by atoms with E-state index in [9.17, 15) is 5.26 Å². The van der Waals surface area contributed by atoms with Gasteiger partial charge in [0.25, 0.3) is 0 Å². The number of hydroxylamine groups is 2. The lowest BCUT2D eigenvalue weighted by Gasteiger charge is -2.60. The number of likely N-dealkylation sites (tertiary alicyclic amines) is 5. The Balaban J connectivity index is 0.000000144. The largest absolute Gasteiger partial charge is 0.493 e. The van der Waals surface area contributed by atoms with Crippen molar-refractivity contribution in [1.29, 1.82) is 36.8 Å². The molecule has 0 bridgehead atoms. The van der Waals surface area contributed by atoms with Crippen LogP contribution in [-0.4, -0.2) is 210 Å². The number of nitrogens with zero attached hydrogens (tertiary/aromatic N) is 17. The summed E-state index contributed by atoms with van der Waals surface area (Å²) in [7, 11) is 0. The van der Waals surface area contributed by atoms with Gasteiger partial charge in [0.15, 0.2) is 0 Å². The van der Waals surface area contributed by atoms with Crippen LogP contribution in [0.4, 0.5) is 22.7 Å². The highest BCUT2D eigenvalue weighted by Crippen LogP contribution is 2.47. The first-order valence-electron chi connectivity index (χ1n) is 51.3. The maximum Gasteiger partial charge on any atom is 0.121 e. The molecule has 1 aliphatic carbocycles. The van der Waals surface area contributed by atoms with Crippen molar-refractivity contribution in [3.05, 3.63) is 211 Å². The third kappa shape index (κ3) is 28.0. The number of aryl methyl sites for hydroxylation is 7. The third-order valence-corrected chi connectivity index (χ3v) is 30.8. The number of benzene rings is 7. The van der Waals surface area contributed by atoms with Crippen LogP contribution in [0.1, 0.15) is 238 Å². The molecule has 3 unspecified atom stereocenters.